The van der Waals surface area contributed by atoms with Crippen molar-refractivity contribution in [3.8, 4) is 33.7 Å². The Balaban J connectivity index is 2.01. The maximum Gasteiger partial charge on any atom is 0.268 e. The number of hydrogen-bond donors (Lipinski definition) is 3. The van der Waals surface area contributed by atoms with Crippen molar-refractivity contribution in [1.82, 2.24) is 10.1 Å². The quantitative estimate of drug-likeness (QED) is 0.626. The van der Waals surface area contributed by atoms with Gasteiger partial charge < -0.3 is 20.5 Å². The molecule has 3 rings (SSSR count). The Kier molecular flexibility index (Phi) is 2.83. The molecule has 0 amide bonds. The van der Waals surface area contributed by atoms with Crippen LogP contribution >= 0.6 is 11.3 Å². The first-order valence-electron chi connectivity index (χ1n) is 5.77. The van der Waals surface area contributed by atoms with Gasteiger partial charge in [0.15, 0.2) is 11.5 Å². The van der Waals surface area contributed by atoms with Gasteiger partial charge in [-0.3, -0.25) is 0 Å². The van der Waals surface area contributed by atoms with E-state index in [1.54, 1.807) is 6.07 Å². The number of phenolic OH excluding ortho intramolecular Hbond substituents is 2. The molecule has 20 heavy (non-hydrogen) atoms. The van der Waals surface area contributed by atoms with Crippen LogP contribution < -0.4 is 5.73 Å². The van der Waals surface area contributed by atoms with Crippen molar-refractivity contribution in [2.24, 2.45) is 0 Å². The number of rotatable bonds is 2. The maximum atomic E-state index is 9.48. The fourth-order valence-electron chi connectivity index (χ4n) is 1.81. The molecular weight excluding hydrogens is 278 g/mol. The zero-order chi connectivity index (χ0) is 14.3. The molecule has 0 saturated heterocycles. The van der Waals surface area contributed by atoms with Crippen molar-refractivity contribution in [1.29, 1.82) is 0 Å². The summed E-state index contributed by atoms with van der Waals surface area (Å²) in [7, 11) is 0. The molecule has 3 aromatic rings. The average Bonchev–Trinajstić information content (AvgIpc) is 2.99. The van der Waals surface area contributed by atoms with Crippen LogP contribution in [0.1, 0.15) is 5.56 Å². The van der Waals surface area contributed by atoms with Crippen LogP contribution in [0, 0.1) is 6.92 Å². The summed E-state index contributed by atoms with van der Waals surface area (Å²) >= 11 is 1.37. The molecular formula is C13H11N3O3S. The number of aromatic hydroxyl groups is 2. The molecule has 1 aromatic carbocycles. The van der Waals surface area contributed by atoms with E-state index in [9.17, 15) is 10.2 Å². The third-order valence-electron chi connectivity index (χ3n) is 2.79. The number of anilines is 1. The lowest BCUT2D eigenvalue weighted by atomic mass is 10.2. The van der Waals surface area contributed by atoms with E-state index in [0.29, 0.717) is 22.3 Å². The second-order valence-electron chi connectivity index (χ2n) is 4.29. The Morgan fingerprint density at radius 1 is 1.20 bits per heavy atom. The number of nitrogens with zero attached hydrogens (tertiary/aromatic N) is 2. The van der Waals surface area contributed by atoms with Crippen LogP contribution in [0.4, 0.5) is 5.00 Å². The lowest BCUT2D eigenvalue weighted by molar-refractivity contribution is 0.404. The zero-order valence-corrected chi connectivity index (χ0v) is 11.3. The molecule has 4 N–H and O–H groups in total. The third-order valence-corrected chi connectivity index (χ3v) is 3.84. The van der Waals surface area contributed by atoms with Crippen molar-refractivity contribution >= 4 is 16.3 Å². The van der Waals surface area contributed by atoms with Crippen molar-refractivity contribution < 1.29 is 14.7 Å². The van der Waals surface area contributed by atoms with Crippen LogP contribution in [-0.2, 0) is 0 Å². The first kappa shape index (κ1) is 12.5. The summed E-state index contributed by atoms with van der Waals surface area (Å²) in [5, 5.41) is 23.3. The largest absolute Gasteiger partial charge is 0.504 e. The molecule has 7 heteroatoms. The number of phenols is 2. The number of thiophene rings is 1. The first-order chi connectivity index (χ1) is 9.54. The van der Waals surface area contributed by atoms with Crippen LogP contribution in [-0.4, -0.2) is 20.4 Å². The van der Waals surface area contributed by atoms with E-state index in [1.165, 1.54) is 23.5 Å². The summed E-state index contributed by atoms with van der Waals surface area (Å²) in [5.74, 6) is 0.290. The van der Waals surface area contributed by atoms with Crippen molar-refractivity contribution in [3.05, 3.63) is 29.8 Å². The minimum absolute atomic E-state index is 0.195. The van der Waals surface area contributed by atoms with Crippen LogP contribution in [0.25, 0.3) is 22.2 Å². The van der Waals surface area contributed by atoms with Crippen LogP contribution in [0.5, 0.6) is 11.5 Å². The predicted molar refractivity (Wildman–Crippen MR) is 75.5 cm³/mol. The molecule has 0 saturated carbocycles. The van der Waals surface area contributed by atoms with Gasteiger partial charge in [-0.1, -0.05) is 5.16 Å². The molecule has 102 valence electrons. The number of nitrogen functional groups attached to an aromatic ring is 1. The van der Waals surface area contributed by atoms with E-state index in [0.717, 1.165) is 10.4 Å². The van der Waals surface area contributed by atoms with E-state index in [2.05, 4.69) is 10.1 Å². The van der Waals surface area contributed by atoms with Gasteiger partial charge in [-0.2, -0.15) is 4.98 Å². The normalized spacial score (nSPS) is 10.8. The monoisotopic (exact) mass is 289 g/mol. The van der Waals surface area contributed by atoms with Crippen molar-refractivity contribution in [2.45, 2.75) is 6.92 Å². The van der Waals surface area contributed by atoms with Gasteiger partial charge in [0.05, 0.1) is 9.88 Å². The second kappa shape index (κ2) is 4.53. The minimum atomic E-state index is -0.231. The summed E-state index contributed by atoms with van der Waals surface area (Å²) in [6, 6.07) is 6.18. The number of hydrogen-bond acceptors (Lipinski definition) is 7. The Morgan fingerprint density at radius 2 is 2.00 bits per heavy atom. The fraction of sp³-hybridized carbons (Fsp3) is 0.0769. The Morgan fingerprint density at radius 3 is 2.65 bits per heavy atom. The van der Waals surface area contributed by atoms with E-state index in [4.69, 9.17) is 10.3 Å². The zero-order valence-electron chi connectivity index (χ0n) is 10.5. The highest BCUT2D eigenvalue weighted by molar-refractivity contribution is 7.19. The second-order valence-corrected chi connectivity index (χ2v) is 5.37. The summed E-state index contributed by atoms with van der Waals surface area (Å²) in [4.78, 5) is 5.10. The van der Waals surface area contributed by atoms with E-state index >= 15 is 0 Å². The summed E-state index contributed by atoms with van der Waals surface area (Å²) in [6.45, 7) is 1.92. The molecule has 2 heterocycles. The van der Waals surface area contributed by atoms with Gasteiger partial charge in [-0.05, 0) is 36.8 Å². The summed E-state index contributed by atoms with van der Waals surface area (Å²) < 4.78 is 5.22. The minimum Gasteiger partial charge on any atom is -0.504 e. The highest BCUT2D eigenvalue weighted by Gasteiger charge is 2.15. The number of benzene rings is 1. The molecule has 0 unspecified atom stereocenters. The van der Waals surface area contributed by atoms with E-state index in [1.807, 2.05) is 13.0 Å². The maximum absolute atomic E-state index is 9.48. The van der Waals surface area contributed by atoms with Gasteiger partial charge in [0.1, 0.15) is 0 Å². The molecule has 0 aliphatic rings. The van der Waals surface area contributed by atoms with Crippen LogP contribution in [0.2, 0.25) is 0 Å². The van der Waals surface area contributed by atoms with E-state index in [-0.39, 0.29) is 11.5 Å². The van der Waals surface area contributed by atoms with E-state index < -0.39 is 0 Å². The number of aromatic nitrogens is 2. The molecule has 0 fully saturated rings. The first-order valence-corrected chi connectivity index (χ1v) is 6.58. The van der Waals surface area contributed by atoms with Crippen LogP contribution in [0.15, 0.2) is 28.8 Å². The number of aryl methyl sites for hydroxylation is 1. The van der Waals surface area contributed by atoms with Crippen LogP contribution in [0.3, 0.4) is 0 Å². The van der Waals surface area contributed by atoms with Gasteiger partial charge in [0.2, 0.25) is 5.82 Å². The lowest BCUT2D eigenvalue weighted by Gasteiger charge is -1.98. The summed E-state index contributed by atoms with van der Waals surface area (Å²) in [5.41, 5.74) is 7.26. The molecule has 0 aliphatic heterocycles. The summed E-state index contributed by atoms with van der Waals surface area (Å²) in [6.07, 6.45) is 0. The third kappa shape index (κ3) is 2.08. The molecule has 0 aliphatic carbocycles. The Bertz CT molecular complexity index is 779. The lowest BCUT2D eigenvalue weighted by Crippen LogP contribution is -1.81. The molecule has 0 radical (unpaired) electrons. The van der Waals surface area contributed by atoms with Crippen molar-refractivity contribution in [3.63, 3.8) is 0 Å². The van der Waals surface area contributed by atoms with Gasteiger partial charge in [0, 0.05) is 5.56 Å². The number of nitrogens with two attached hydrogens (primary N) is 1. The van der Waals surface area contributed by atoms with Gasteiger partial charge in [-0.15, -0.1) is 11.3 Å². The molecule has 2 aromatic heterocycles. The predicted octanol–water partition coefficient (Wildman–Crippen LogP) is 2.77. The SMILES string of the molecule is Cc1cc(N)sc1-c1nc(-c2ccc(O)c(O)c2)no1. The molecule has 0 spiro atoms. The van der Waals surface area contributed by atoms with Gasteiger partial charge >= 0.3 is 0 Å². The topological polar surface area (TPSA) is 105 Å². The molecule has 6 nitrogen and oxygen atoms in total. The van der Waals surface area contributed by atoms with Crippen molar-refractivity contribution in [2.75, 3.05) is 5.73 Å². The smallest absolute Gasteiger partial charge is 0.268 e. The fourth-order valence-corrected chi connectivity index (χ4v) is 2.68. The Labute approximate surface area is 118 Å². The molecule has 0 bridgehead atoms. The molecule has 0 atom stereocenters. The average molecular weight is 289 g/mol. The highest BCUT2D eigenvalue weighted by Crippen LogP contribution is 2.34. The standard InChI is InChI=1S/C13H11N3O3S/c1-6-4-10(14)20-11(6)13-15-12(16-19-13)7-2-3-8(17)9(18)5-7/h2-5,17-18H,14H2,1H3. The Hall–Kier alpha value is -2.54. The van der Waals surface area contributed by atoms with Gasteiger partial charge in [-0.25, -0.2) is 0 Å². The highest BCUT2D eigenvalue weighted by atomic mass is 32.1. The van der Waals surface area contributed by atoms with Gasteiger partial charge in [0.25, 0.3) is 5.89 Å².